The van der Waals surface area contributed by atoms with Gasteiger partial charge in [0.1, 0.15) is 0 Å². The summed E-state index contributed by atoms with van der Waals surface area (Å²) in [4.78, 5) is 14.3. The van der Waals surface area contributed by atoms with E-state index in [1.807, 2.05) is 19.1 Å². The second kappa shape index (κ2) is 5.13. The summed E-state index contributed by atoms with van der Waals surface area (Å²) in [6.45, 7) is 2.64. The minimum absolute atomic E-state index is 0.128. The van der Waals surface area contributed by atoms with Crippen LogP contribution in [0.4, 0.5) is 5.69 Å². The van der Waals surface area contributed by atoms with Crippen molar-refractivity contribution in [1.29, 1.82) is 0 Å². The van der Waals surface area contributed by atoms with Crippen molar-refractivity contribution in [1.82, 2.24) is 0 Å². The molecule has 1 aliphatic rings. The van der Waals surface area contributed by atoms with Crippen LogP contribution in [-0.2, 0) is 6.42 Å². The Morgan fingerprint density at radius 2 is 2.00 bits per heavy atom. The van der Waals surface area contributed by atoms with E-state index in [0.29, 0.717) is 6.54 Å². The maximum absolute atomic E-state index is 12.7. The van der Waals surface area contributed by atoms with E-state index in [-0.39, 0.29) is 23.0 Å². The first-order valence-electron chi connectivity index (χ1n) is 7.00. The van der Waals surface area contributed by atoms with E-state index in [4.69, 9.17) is 0 Å². The number of nitrogens with zero attached hydrogens (tertiary/aromatic N) is 1. The summed E-state index contributed by atoms with van der Waals surface area (Å²) in [5.41, 5.74) is 3.33. The molecule has 1 aliphatic heterocycles. The first kappa shape index (κ1) is 13.5. The van der Waals surface area contributed by atoms with Gasteiger partial charge in [0.2, 0.25) is 0 Å². The lowest BCUT2D eigenvalue weighted by Crippen LogP contribution is -2.35. The average Bonchev–Trinajstić information content (AvgIpc) is 2.48. The van der Waals surface area contributed by atoms with E-state index >= 15 is 0 Å². The number of hydrogen-bond donors (Lipinski definition) is 2. The number of rotatable bonds is 1. The number of hydrogen-bond acceptors (Lipinski definition) is 3. The molecule has 0 saturated carbocycles. The molecule has 21 heavy (non-hydrogen) atoms. The molecule has 3 rings (SSSR count). The van der Waals surface area contributed by atoms with Crippen LogP contribution >= 0.6 is 0 Å². The van der Waals surface area contributed by atoms with Crippen LogP contribution in [0.3, 0.4) is 0 Å². The van der Waals surface area contributed by atoms with Crippen LogP contribution in [0, 0.1) is 6.92 Å². The predicted molar refractivity (Wildman–Crippen MR) is 80.9 cm³/mol. The maximum Gasteiger partial charge on any atom is 0.262 e. The molecule has 0 atom stereocenters. The molecular weight excluding hydrogens is 266 g/mol. The van der Waals surface area contributed by atoms with Gasteiger partial charge in [-0.3, -0.25) is 4.79 Å². The maximum atomic E-state index is 12.7. The highest BCUT2D eigenvalue weighted by Gasteiger charge is 2.26. The van der Waals surface area contributed by atoms with Gasteiger partial charge in [0.05, 0.1) is 5.56 Å². The molecule has 1 heterocycles. The van der Waals surface area contributed by atoms with E-state index in [2.05, 4.69) is 6.07 Å². The van der Waals surface area contributed by atoms with Crippen molar-refractivity contribution in [3.8, 4) is 11.5 Å². The molecule has 2 aromatic rings. The van der Waals surface area contributed by atoms with Gasteiger partial charge in [0, 0.05) is 12.2 Å². The molecule has 2 aromatic carbocycles. The number of aromatic hydroxyl groups is 2. The standard InChI is InChI=1S/C17H17NO3/c1-11-7-8-14-12(10-11)4-3-9-18(14)17(21)13-5-2-6-15(19)16(13)20/h2,5-8,10,19-20H,3-4,9H2,1H3. The Morgan fingerprint density at radius 3 is 2.81 bits per heavy atom. The SMILES string of the molecule is Cc1ccc2c(c1)CCCN2C(=O)c1cccc(O)c1O. The normalized spacial score (nSPS) is 13.9. The average molecular weight is 283 g/mol. The van der Waals surface area contributed by atoms with Gasteiger partial charge in [-0.2, -0.15) is 0 Å². The number of phenolic OH excluding ortho intramolecular Hbond substituents is 2. The number of benzene rings is 2. The molecule has 0 fully saturated rings. The fourth-order valence-corrected chi connectivity index (χ4v) is 2.79. The number of carbonyl (C=O) groups is 1. The van der Waals surface area contributed by atoms with Crippen LogP contribution in [-0.4, -0.2) is 22.7 Å². The number of phenols is 2. The number of anilines is 1. The lowest BCUT2D eigenvalue weighted by molar-refractivity contribution is 0.0982. The molecule has 2 N–H and O–H groups in total. The fraction of sp³-hybridized carbons (Fsp3) is 0.235. The van der Waals surface area contributed by atoms with E-state index in [9.17, 15) is 15.0 Å². The zero-order chi connectivity index (χ0) is 15.0. The number of aryl methyl sites for hydroxylation is 2. The van der Waals surface area contributed by atoms with E-state index < -0.39 is 0 Å². The summed E-state index contributed by atoms with van der Waals surface area (Å²) in [5, 5.41) is 19.5. The van der Waals surface area contributed by atoms with Gasteiger partial charge in [-0.05, 0) is 43.5 Å². The van der Waals surface area contributed by atoms with Crippen molar-refractivity contribution in [2.24, 2.45) is 0 Å². The Kier molecular flexibility index (Phi) is 3.29. The summed E-state index contributed by atoms with van der Waals surface area (Å²) in [5.74, 6) is -0.920. The Balaban J connectivity index is 2.02. The molecule has 4 nitrogen and oxygen atoms in total. The Morgan fingerprint density at radius 1 is 1.19 bits per heavy atom. The molecule has 0 unspecified atom stereocenters. The van der Waals surface area contributed by atoms with Crippen molar-refractivity contribution in [3.63, 3.8) is 0 Å². The zero-order valence-electron chi connectivity index (χ0n) is 11.8. The molecule has 1 amide bonds. The summed E-state index contributed by atoms with van der Waals surface area (Å²) in [6, 6.07) is 10.5. The number of carbonyl (C=O) groups excluding carboxylic acids is 1. The molecule has 0 radical (unpaired) electrons. The lowest BCUT2D eigenvalue weighted by Gasteiger charge is -2.30. The van der Waals surface area contributed by atoms with Crippen molar-refractivity contribution in [2.75, 3.05) is 11.4 Å². The molecular formula is C17H17NO3. The Hall–Kier alpha value is -2.49. The van der Waals surface area contributed by atoms with Gasteiger partial charge in [-0.25, -0.2) is 0 Å². The van der Waals surface area contributed by atoms with Crippen molar-refractivity contribution in [3.05, 3.63) is 53.1 Å². The van der Waals surface area contributed by atoms with Gasteiger partial charge >= 0.3 is 0 Å². The molecule has 0 saturated heterocycles. The molecule has 0 bridgehead atoms. The van der Waals surface area contributed by atoms with Gasteiger partial charge in [0.15, 0.2) is 11.5 Å². The number of para-hydroxylation sites is 1. The molecule has 0 aliphatic carbocycles. The molecule has 108 valence electrons. The highest BCUT2D eigenvalue weighted by Crippen LogP contribution is 2.33. The van der Waals surface area contributed by atoms with Crippen molar-refractivity contribution >= 4 is 11.6 Å². The van der Waals surface area contributed by atoms with Crippen LogP contribution in [0.1, 0.15) is 27.9 Å². The Bertz CT molecular complexity index is 709. The van der Waals surface area contributed by atoms with Crippen LogP contribution < -0.4 is 4.90 Å². The summed E-state index contributed by atoms with van der Waals surface area (Å²) >= 11 is 0. The van der Waals surface area contributed by atoms with E-state index in [1.165, 1.54) is 17.7 Å². The third-order valence-electron chi connectivity index (χ3n) is 3.84. The molecule has 4 heteroatoms. The third-order valence-corrected chi connectivity index (χ3v) is 3.84. The monoisotopic (exact) mass is 283 g/mol. The van der Waals surface area contributed by atoms with Gasteiger partial charge < -0.3 is 15.1 Å². The molecule has 0 spiro atoms. The first-order valence-corrected chi connectivity index (χ1v) is 7.00. The smallest absolute Gasteiger partial charge is 0.262 e. The first-order chi connectivity index (χ1) is 10.1. The number of amides is 1. The van der Waals surface area contributed by atoms with Crippen molar-refractivity contribution < 1.29 is 15.0 Å². The summed E-state index contributed by atoms with van der Waals surface area (Å²) in [6.07, 6.45) is 1.84. The van der Waals surface area contributed by atoms with Crippen LogP contribution in [0.25, 0.3) is 0 Å². The van der Waals surface area contributed by atoms with Crippen molar-refractivity contribution in [2.45, 2.75) is 19.8 Å². The second-order valence-electron chi connectivity index (χ2n) is 5.37. The van der Waals surface area contributed by atoms with E-state index in [0.717, 1.165) is 24.1 Å². The minimum atomic E-state index is -0.360. The van der Waals surface area contributed by atoms with Crippen LogP contribution in [0.5, 0.6) is 11.5 Å². The topological polar surface area (TPSA) is 60.8 Å². The summed E-state index contributed by atoms with van der Waals surface area (Å²) in [7, 11) is 0. The Labute approximate surface area is 123 Å². The quantitative estimate of drug-likeness (QED) is 0.791. The van der Waals surface area contributed by atoms with Gasteiger partial charge in [0.25, 0.3) is 5.91 Å². The highest BCUT2D eigenvalue weighted by molar-refractivity contribution is 6.08. The lowest BCUT2D eigenvalue weighted by atomic mass is 9.98. The predicted octanol–water partition coefficient (Wildman–Crippen LogP) is 3.00. The van der Waals surface area contributed by atoms with Gasteiger partial charge in [-0.1, -0.05) is 23.8 Å². The van der Waals surface area contributed by atoms with Crippen LogP contribution in [0.15, 0.2) is 36.4 Å². The highest BCUT2D eigenvalue weighted by atomic mass is 16.3. The molecule has 0 aromatic heterocycles. The fourth-order valence-electron chi connectivity index (χ4n) is 2.79. The largest absolute Gasteiger partial charge is 0.504 e. The van der Waals surface area contributed by atoms with Crippen LogP contribution in [0.2, 0.25) is 0 Å². The minimum Gasteiger partial charge on any atom is -0.504 e. The third kappa shape index (κ3) is 2.33. The zero-order valence-corrected chi connectivity index (χ0v) is 11.8. The van der Waals surface area contributed by atoms with E-state index in [1.54, 1.807) is 11.0 Å². The second-order valence-corrected chi connectivity index (χ2v) is 5.37. The van der Waals surface area contributed by atoms with Gasteiger partial charge in [-0.15, -0.1) is 0 Å². The summed E-state index contributed by atoms with van der Waals surface area (Å²) < 4.78 is 0. The number of fused-ring (bicyclic) bond motifs is 1.